The second kappa shape index (κ2) is 6.29. The number of nitrogens with two attached hydrogens (primary N) is 1. The molecule has 0 unspecified atom stereocenters. The number of hydrogen-bond acceptors (Lipinski definition) is 4. The lowest BCUT2D eigenvalue weighted by Crippen LogP contribution is -3.14. The van der Waals surface area contributed by atoms with Crippen molar-refractivity contribution in [1.82, 2.24) is 0 Å². The third-order valence-electron chi connectivity index (χ3n) is 3.77. The first kappa shape index (κ1) is 14.2. The van der Waals surface area contributed by atoms with Crippen molar-refractivity contribution in [2.24, 2.45) is 0 Å². The van der Waals surface area contributed by atoms with Crippen molar-refractivity contribution in [2.45, 2.75) is 18.6 Å². The van der Waals surface area contributed by atoms with Crippen LogP contribution in [0.2, 0.25) is 0 Å². The molecule has 2 saturated heterocycles. The molecule has 0 aromatic rings. The summed E-state index contributed by atoms with van der Waals surface area (Å²) in [5, 5.41) is 11.6. The summed E-state index contributed by atoms with van der Waals surface area (Å²) in [6.07, 6.45) is 0.365. The van der Waals surface area contributed by atoms with Crippen LogP contribution in [0.4, 0.5) is 0 Å². The average molecular weight is 280 g/mol. The molecule has 2 heterocycles. The van der Waals surface area contributed by atoms with Gasteiger partial charge in [0.05, 0.1) is 32.1 Å². The van der Waals surface area contributed by atoms with Gasteiger partial charge < -0.3 is 20.1 Å². The number of morpholine rings is 1. The standard InChI is InChI=1S/C11H22N2O4S/c14-11-9-18(15,16)8-10(11)12-2-1-3-13-4-6-17-7-5-13/h10-12,14H,1-9H2/p+2/t10-,11+/m0/s1. The Balaban J connectivity index is 1.60. The van der Waals surface area contributed by atoms with Gasteiger partial charge in [0, 0.05) is 6.42 Å². The predicted molar refractivity (Wildman–Crippen MR) is 66.2 cm³/mol. The average Bonchev–Trinajstić information content (AvgIpc) is 2.59. The molecule has 106 valence electrons. The normalized spacial score (nSPS) is 32.7. The summed E-state index contributed by atoms with van der Waals surface area (Å²) < 4.78 is 28.0. The van der Waals surface area contributed by atoms with E-state index in [1.807, 2.05) is 5.32 Å². The molecule has 6 nitrogen and oxygen atoms in total. The molecule has 2 rings (SSSR count). The summed E-state index contributed by atoms with van der Waals surface area (Å²) in [5.74, 6) is 0.0570. The molecule has 2 fully saturated rings. The van der Waals surface area contributed by atoms with E-state index in [0.717, 1.165) is 45.8 Å². The molecule has 0 spiro atoms. The molecular weight excluding hydrogens is 256 g/mol. The molecule has 0 amide bonds. The van der Waals surface area contributed by atoms with Gasteiger partial charge >= 0.3 is 0 Å². The molecule has 2 atom stereocenters. The Morgan fingerprint density at radius 2 is 2.00 bits per heavy atom. The van der Waals surface area contributed by atoms with Crippen molar-refractivity contribution < 1.29 is 28.5 Å². The van der Waals surface area contributed by atoms with E-state index in [1.54, 1.807) is 4.90 Å². The summed E-state index contributed by atoms with van der Waals surface area (Å²) in [6.45, 7) is 5.83. The van der Waals surface area contributed by atoms with Crippen LogP contribution in [-0.4, -0.2) is 76.6 Å². The Morgan fingerprint density at radius 3 is 2.61 bits per heavy atom. The van der Waals surface area contributed by atoms with Crippen LogP contribution in [0.1, 0.15) is 6.42 Å². The Labute approximate surface area is 108 Å². The molecule has 0 bridgehead atoms. The summed E-state index contributed by atoms with van der Waals surface area (Å²) in [4.78, 5) is 1.56. The molecule has 2 aliphatic rings. The maximum atomic E-state index is 11.3. The first-order valence-corrected chi connectivity index (χ1v) is 8.52. The number of ether oxygens (including phenoxy) is 1. The van der Waals surface area contributed by atoms with Crippen LogP contribution in [-0.2, 0) is 14.6 Å². The van der Waals surface area contributed by atoms with Crippen LogP contribution in [0.15, 0.2) is 0 Å². The van der Waals surface area contributed by atoms with Gasteiger partial charge in [0.25, 0.3) is 0 Å². The van der Waals surface area contributed by atoms with Gasteiger partial charge in [0.1, 0.15) is 31.0 Å². The van der Waals surface area contributed by atoms with Crippen molar-refractivity contribution in [3.63, 3.8) is 0 Å². The van der Waals surface area contributed by atoms with Crippen molar-refractivity contribution >= 4 is 9.84 Å². The predicted octanol–water partition coefficient (Wildman–Crippen LogP) is -3.99. The summed E-state index contributed by atoms with van der Waals surface area (Å²) in [6, 6.07) is -0.158. The largest absolute Gasteiger partial charge is 0.386 e. The van der Waals surface area contributed by atoms with Gasteiger partial charge in [0.15, 0.2) is 9.84 Å². The maximum absolute atomic E-state index is 11.3. The van der Waals surface area contributed by atoms with Crippen molar-refractivity contribution in [3.8, 4) is 0 Å². The molecule has 7 heteroatoms. The number of sulfone groups is 1. The Kier molecular flexibility index (Phi) is 4.97. The number of quaternary nitrogens is 2. The van der Waals surface area contributed by atoms with E-state index >= 15 is 0 Å². The lowest BCUT2D eigenvalue weighted by atomic mass is 10.2. The highest BCUT2D eigenvalue weighted by molar-refractivity contribution is 7.91. The molecule has 2 aliphatic heterocycles. The minimum atomic E-state index is -3.01. The zero-order chi connectivity index (χ0) is 13.0. The molecule has 4 N–H and O–H groups in total. The number of aliphatic hydroxyl groups excluding tert-OH is 1. The van der Waals surface area contributed by atoms with E-state index in [9.17, 15) is 13.5 Å². The van der Waals surface area contributed by atoms with Crippen molar-refractivity contribution in [1.29, 1.82) is 0 Å². The number of nitrogens with one attached hydrogen (secondary N) is 1. The third kappa shape index (κ3) is 4.17. The lowest BCUT2D eigenvalue weighted by molar-refractivity contribution is -0.909. The molecule has 0 saturated carbocycles. The minimum Gasteiger partial charge on any atom is -0.386 e. The van der Waals surface area contributed by atoms with Crippen LogP contribution in [0.5, 0.6) is 0 Å². The van der Waals surface area contributed by atoms with E-state index < -0.39 is 15.9 Å². The fraction of sp³-hybridized carbons (Fsp3) is 1.00. The molecule has 0 radical (unpaired) electrons. The first-order valence-electron chi connectivity index (χ1n) is 6.70. The highest BCUT2D eigenvalue weighted by atomic mass is 32.2. The lowest BCUT2D eigenvalue weighted by Gasteiger charge is -2.23. The number of rotatable bonds is 5. The zero-order valence-corrected chi connectivity index (χ0v) is 11.5. The highest BCUT2D eigenvalue weighted by Crippen LogP contribution is 2.08. The van der Waals surface area contributed by atoms with Gasteiger partial charge in [0.2, 0.25) is 0 Å². The molecule has 0 aromatic heterocycles. The monoisotopic (exact) mass is 280 g/mol. The van der Waals surface area contributed by atoms with E-state index in [2.05, 4.69) is 0 Å². The van der Waals surface area contributed by atoms with Crippen molar-refractivity contribution in [3.05, 3.63) is 0 Å². The van der Waals surface area contributed by atoms with Gasteiger partial charge in [-0.15, -0.1) is 0 Å². The van der Waals surface area contributed by atoms with Crippen LogP contribution < -0.4 is 10.2 Å². The zero-order valence-electron chi connectivity index (χ0n) is 10.7. The number of hydrogen-bond donors (Lipinski definition) is 3. The fourth-order valence-electron chi connectivity index (χ4n) is 2.68. The quantitative estimate of drug-likeness (QED) is 0.448. The van der Waals surface area contributed by atoms with Crippen LogP contribution in [0, 0.1) is 0 Å². The van der Waals surface area contributed by atoms with Crippen LogP contribution in [0.3, 0.4) is 0 Å². The smallest absolute Gasteiger partial charge is 0.159 e. The van der Waals surface area contributed by atoms with Crippen molar-refractivity contribution in [2.75, 3.05) is 50.9 Å². The molecule has 0 aliphatic carbocycles. The topological polar surface area (TPSA) is 84.7 Å². The maximum Gasteiger partial charge on any atom is 0.159 e. The Morgan fingerprint density at radius 1 is 1.28 bits per heavy atom. The third-order valence-corrected chi connectivity index (χ3v) is 5.51. The first-order chi connectivity index (χ1) is 8.57. The van der Waals surface area contributed by atoms with E-state index in [-0.39, 0.29) is 17.5 Å². The van der Waals surface area contributed by atoms with Gasteiger partial charge in [-0.25, -0.2) is 8.42 Å². The second-order valence-electron chi connectivity index (χ2n) is 5.30. The summed E-state index contributed by atoms with van der Waals surface area (Å²) in [7, 11) is -3.01. The summed E-state index contributed by atoms with van der Waals surface area (Å²) in [5.41, 5.74) is 0. The van der Waals surface area contributed by atoms with E-state index in [0.29, 0.717) is 0 Å². The number of aliphatic hydroxyl groups is 1. The van der Waals surface area contributed by atoms with Crippen LogP contribution >= 0.6 is 0 Å². The Bertz CT molecular complexity index is 354. The summed E-state index contributed by atoms with van der Waals surface area (Å²) >= 11 is 0. The van der Waals surface area contributed by atoms with Gasteiger partial charge in [-0.1, -0.05) is 0 Å². The minimum absolute atomic E-state index is 0.0666. The molecule has 0 aromatic carbocycles. The molecule has 18 heavy (non-hydrogen) atoms. The van der Waals surface area contributed by atoms with Crippen LogP contribution in [0.25, 0.3) is 0 Å². The van der Waals surface area contributed by atoms with Gasteiger partial charge in [-0.05, 0) is 0 Å². The van der Waals surface area contributed by atoms with E-state index in [1.165, 1.54) is 0 Å². The van der Waals surface area contributed by atoms with Gasteiger partial charge in [-0.3, -0.25) is 0 Å². The second-order valence-corrected chi connectivity index (χ2v) is 7.45. The van der Waals surface area contributed by atoms with Gasteiger partial charge in [-0.2, -0.15) is 0 Å². The Hall–Kier alpha value is -0.210. The highest BCUT2D eigenvalue weighted by Gasteiger charge is 2.38. The molecular formula is C11H24N2O4S+2. The fourth-order valence-corrected chi connectivity index (χ4v) is 4.52. The van der Waals surface area contributed by atoms with E-state index in [4.69, 9.17) is 4.74 Å². The SMILES string of the molecule is O=S1(=O)C[C@@H](O)[C@@H]([NH2+]CCC[NH+]2CCOCC2)C1.